The van der Waals surface area contributed by atoms with E-state index in [0.717, 1.165) is 5.92 Å². The SMILES string of the molecule is CCCC[SH](Cc1ccc(O)cc1)CC(C)C. The van der Waals surface area contributed by atoms with E-state index in [1.807, 2.05) is 0 Å². The van der Waals surface area contributed by atoms with Gasteiger partial charge in [-0.1, -0.05) is 39.3 Å². The molecule has 0 spiro atoms. The number of aromatic hydroxyl groups is 1. The van der Waals surface area contributed by atoms with Crippen LogP contribution >= 0.6 is 10.9 Å². The van der Waals surface area contributed by atoms with Crippen molar-refractivity contribution in [1.82, 2.24) is 0 Å². The van der Waals surface area contributed by atoms with Crippen LogP contribution in [-0.2, 0) is 5.75 Å². The van der Waals surface area contributed by atoms with Gasteiger partial charge in [-0.2, -0.15) is 0 Å². The first-order chi connectivity index (χ1) is 8.11. The number of thiol groups is 1. The van der Waals surface area contributed by atoms with Gasteiger partial charge in [0.25, 0.3) is 0 Å². The van der Waals surface area contributed by atoms with Gasteiger partial charge in [-0.15, -0.1) is 0 Å². The molecule has 2 heteroatoms. The van der Waals surface area contributed by atoms with Gasteiger partial charge in [0.05, 0.1) is 0 Å². The van der Waals surface area contributed by atoms with Crippen LogP contribution in [0, 0.1) is 5.92 Å². The van der Waals surface area contributed by atoms with Crippen LogP contribution in [0.2, 0.25) is 0 Å². The molecule has 0 aliphatic rings. The lowest BCUT2D eigenvalue weighted by molar-refractivity contribution is 0.475. The third-order valence-electron chi connectivity index (χ3n) is 2.79. The highest BCUT2D eigenvalue weighted by molar-refractivity contribution is 8.16. The van der Waals surface area contributed by atoms with E-state index in [-0.39, 0.29) is 10.9 Å². The van der Waals surface area contributed by atoms with Gasteiger partial charge in [0.15, 0.2) is 0 Å². The van der Waals surface area contributed by atoms with E-state index in [1.165, 1.54) is 35.7 Å². The summed E-state index contributed by atoms with van der Waals surface area (Å²) in [6, 6.07) is 7.74. The normalized spacial score (nSPS) is 14.0. The first-order valence-electron chi connectivity index (χ1n) is 6.62. The van der Waals surface area contributed by atoms with Gasteiger partial charge < -0.3 is 5.11 Å². The van der Waals surface area contributed by atoms with E-state index in [9.17, 15) is 5.11 Å². The quantitative estimate of drug-likeness (QED) is 0.693. The molecular weight excluding hydrogens is 228 g/mol. The van der Waals surface area contributed by atoms with Crippen LogP contribution in [0.25, 0.3) is 0 Å². The minimum absolute atomic E-state index is 0.126. The van der Waals surface area contributed by atoms with Gasteiger partial charge >= 0.3 is 0 Å². The third kappa shape index (κ3) is 6.02. The van der Waals surface area contributed by atoms with Crippen LogP contribution in [0.3, 0.4) is 0 Å². The number of phenols is 1. The molecule has 1 nitrogen and oxygen atoms in total. The lowest BCUT2D eigenvalue weighted by atomic mass is 10.2. The van der Waals surface area contributed by atoms with Gasteiger partial charge in [-0.3, -0.25) is 0 Å². The molecule has 1 N–H and O–H groups in total. The fourth-order valence-electron chi connectivity index (χ4n) is 1.99. The molecule has 0 saturated heterocycles. The Bertz CT molecular complexity index is 305. The van der Waals surface area contributed by atoms with Crippen LogP contribution < -0.4 is 0 Å². The first-order valence-corrected chi connectivity index (χ1v) is 8.51. The zero-order valence-electron chi connectivity index (χ0n) is 11.3. The number of phenolic OH excluding ortho intramolecular Hbond substituents is 1. The maximum Gasteiger partial charge on any atom is 0.115 e. The summed E-state index contributed by atoms with van der Waals surface area (Å²) in [6.45, 7) is 6.90. The molecular formula is C15H26OS. The standard InChI is InChI=1S/C15H26OS/c1-4-5-10-17(11-13(2)3)12-14-6-8-15(16)9-7-14/h6-9,13,16-17H,4-5,10-12H2,1-3H3. The van der Waals surface area contributed by atoms with Crippen molar-refractivity contribution in [2.24, 2.45) is 5.92 Å². The Morgan fingerprint density at radius 2 is 1.82 bits per heavy atom. The first kappa shape index (κ1) is 14.4. The van der Waals surface area contributed by atoms with Gasteiger partial charge in [-0.25, -0.2) is 10.9 Å². The summed E-state index contributed by atoms with van der Waals surface area (Å²) in [5.41, 5.74) is 1.38. The molecule has 0 aromatic heterocycles. The van der Waals surface area contributed by atoms with Gasteiger partial charge in [0.2, 0.25) is 0 Å². The molecule has 1 rings (SSSR count). The molecule has 0 fully saturated rings. The van der Waals surface area contributed by atoms with Crippen LogP contribution in [0.1, 0.15) is 39.2 Å². The van der Waals surface area contributed by atoms with Crippen molar-refractivity contribution >= 4 is 10.9 Å². The summed E-state index contributed by atoms with van der Waals surface area (Å²) < 4.78 is 0. The molecule has 0 saturated carbocycles. The minimum atomic E-state index is 0.126. The minimum Gasteiger partial charge on any atom is -0.508 e. The largest absolute Gasteiger partial charge is 0.508 e. The van der Waals surface area contributed by atoms with Gasteiger partial charge in [0, 0.05) is 5.75 Å². The number of hydrogen-bond acceptors (Lipinski definition) is 1. The number of unbranched alkanes of at least 4 members (excludes halogenated alkanes) is 1. The molecule has 0 heterocycles. The summed E-state index contributed by atoms with van der Waals surface area (Å²) in [7, 11) is 0.126. The second-order valence-electron chi connectivity index (χ2n) is 5.15. The lowest BCUT2D eigenvalue weighted by Gasteiger charge is -2.23. The summed E-state index contributed by atoms with van der Waals surface area (Å²) in [4.78, 5) is 0. The molecule has 0 radical (unpaired) electrons. The number of benzene rings is 1. The Balaban J connectivity index is 2.54. The smallest absolute Gasteiger partial charge is 0.115 e. The van der Waals surface area contributed by atoms with Gasteiger partial charge in [-0.05, 0) is 41.5 Å². The van der Waals surface area contributed by atoms with Crippen LogP contribution in [0.15, 0.2) is 24.3 Å². The summed E-state index contributed by atoms with van der Waals surface area (Å²) in [5.74, 6) is 5.15. The van der Waals surface area contributed by atoms with Gasteiger partial charge in [0.1, 0.15) is 5.75 Å². The van der Waals surface area contributed by atoms with Crippen molar-refractivity contribution in [2.75, 3.05) is 11.5 Å². The Kier molecular flexibility index (Phi) is 6.49. The predicted molar refractivity (Wildman–Crippen MR) is 80.3 cm³/mol. The van der Waals surface area contributed by atoms with Crippen molar-refractivity contribution in [2.45, 2.75) is 39.4 Å². The van der Waals surface area contributed by atoms with E-state index in [1.54, 1.807) is 12.1 Å². The molecule has 98 valence electrons. The Hall–Kier alpha value is -0.630. The number of rotatable bonds is 7. The van der Waals surface area contributed by atoms with E-state index in [2.05, 4.69) is 32.9 Å². The molecule has 0 aliphatic carbocycles. The average molecular weight is 254 g/mol. The highest BCUT2D eigenvalue weighted by atomic mass is 32.2. The van der Waals surface area contributed by atoms with Crippen LogP contribution in [0.5, 0.6) is 5.75 Å². The topological polar surface area (TPSA) is 20.2 Å². The van der Waals surface area contributed by atoms with E-state index >= 15 is 0 Å². The molecule has 1 atom stereocenters. The Morgan fingerprint density at radius 1 is 1.18 bits per heavy atom. The maximum atomic E-state index is 9.28. The van der Waals surface area contributed by atoms with Crippen molar-refractivity contribution in [1.29, 1.82) is 0 Å². The average Bonchev–Trinajstić information content (AvgIpc) is 2.28. The van der Waals surface area contributed by atoms with Crippen molar-refractivity contribution in [3.8, 4) is 5.75 Å². The van der Waals surface area contributed by atoms with Crippen LogP contribution in [0.4, 0.5) is 0 Å². The Morgan fingerprint density at radius 3 is 2.35 bits per heavy atom. The zero-order valence-corrected chi connectivity index (χ0v) is 12.2. The molecule has 17 heavy (non-hydrogen) atoms. The molecule has 1 aromatic carbocycles. The fraction of sp³-hybridized carbons (Fsp3) is 0.600. The van der Waals surface area contributed by atoms with Crippen molar-refractivity contribution < 1.29 is 5.11 Å². The zero-order chi connectivity index (χ0) is 12.7. The maximum absolute atomic E-state index is 9.28. The molecule has 1 aromatic rings. The molecule has 1 unspecified atom stereocenters. The van der Waals surface area contributed by atoms with Crippen LogP contribution in [-0.4, -0.2) is 16.6 Å². The van der Waals surface area contributed by atoms with Crippen molar-refractivity contribution in [3.63, 3.8) is 0 Å². The van der Waals surface area contributed by atoms with E-state index < -0.39 is 0 Å². The second-order valence-corrected chi connectivity index (χ2v) is 7.62. The van der Waals surface area contributed by atoms with Crippen molar-refractivity contribution in [3.05, 3.63) is 29.8 Å². The third-order valence-corrected chi connectivity index (χ3v) is 5.80. The fourth-order valence-corrected chi connectivity index (χ4v) is 4.99. The van der Waals surface area contributed by atoms with E-state index in [4.69, 9.17) is 0 Å². The predicted octanol–water partition coefficient (Wildman–Crippen LogP) is 4.35. The Labute approximate surface area is 109 Å². The molecule has 0 aliphatic heterocycles. The summed E-state index contributed by atoms with van der Waals surface area (Å²) in [6.07, 6.45) is 2.66. The molecule has 0 bridgehead atoms. The number of hydrogen-bond donors (Lipinski definition) is 2. The highest BCUT2D eigenvalue weighted by Crippen LogP contribution is 2.34. The second kappa shape index (κ2) is 7.65. The lowest BCUT2D eigenvalue weighted by Crippen LogP contribution is -2.03. The highest BCUT2D eigenvalue weighted by Gasteiger charge is 2.07. The van der Waals surface area contributed by atoms with E-state index in [0.29, 0.717) is 5.75 Å². The molecule has 0 amide bonds. The summed E-state index contributed by atoms with van der Waals surface area (Å²) >= 11 is 0. The summed E-state index contributed by atoms with van der Waals surface area (Å²) in [5, 5.41) is 9.28. The monoisotopic (exact) mass is 254 g/mol.